The normalized spacial score (nSPS) is 11.7. The molecule has 6 nitrogen and oxygen atoms in total. The van der Waals surface area contributed by atoms with E-state index in [9.17, 15) is 18.6 Å². The summed E-state index contributed by atoms with van der Waals surface area (Å²) >= 11 is 0. The maximum atomic E-state index is 12.2. The van der Waals surface area contributed by atoms with Crippen molar-refractivity contribution in [2.24, 2.45) is 5.10 Å². The summed E-state index contributed by atoms with van der Waals surface area (Å²) < 4.78 is 24.3. The number of benzene rings is 2. The van der Waals surface area contributed by atoms with Crippen LogP contribution in [0.4, 0.5) is 0 Å². The zero-order valence-electron chi connectivity index (χ0n) is 12.1. The molecule has 0 fully saturated rings. The Bertz CT molecular complexity index is 829. The van der Waals surface area contributed by atoms with Crippen molar-refractivity contribution in [2.45, 2.75) is 18.7 Å². The third-order valence-corrected chi connectivity index (χ3v) is 4.43. The van der Waals surface area contributed by atoms with Crippen LogP contribution in [0.25, 0.3) is 0 Å². The average Bonchev–Trinajstić information content (AvgIpc) is 2.43. The number of aromatic hydroxyl groups is 2. The molecule has 0 amide bonds. The Hall–Kier alpha value is -2.54. The number of para-hydroxylation sites is 1. The third kappa shape index (κ3) is 3.37. The van der Waals surface area contributed by atoms with Gasteiger partial charge < -0.3 is 10.2 Å². The van der Waals surface area contributed by atoms with Crippen LogP contribution in [-0.2, 0) is 10.0 Å². The Morgan fingerprint density at radius 2 is 1.86 bits per heavy atom. The van der Waals surface area contributed by atoms with Gasteiger partial charge in [0.05, 0.1) is 11.1 Å². The number of phenols is 2. The minimum absolute atomic E-state index is 0.135. The summed E-state index contributed by atoms with van der Waals surface area (Å²) in [6, 6.07) is 9.28. The Morgan fingerprint density at radius 1 is 1.14 bits per heavy atom. The second-order valence-electron chi connectivity index (χ2n) is 4.84. The minimum atomic E-state index is -3.79. The van der Waals surface area contributed by atoms with Gasteiger partial charge in [-0.2, -0.15) is 13.5 Å². The number of hydrogen-bond donors (Lipinski definition) is 3. The molecule has 0 atom stereocenters. The molecule has 0 spiro atoms. The van der Waals surface area contributed by atoms with Crippen molar-refractivity contribution < 1.29 is 18.6 Å². The van der Waals surface area contributed by atoms with E-state index in [0.29, 0.717) is 5.56 Å². The Balaban J connectivity index is 2.23. The maximum Gasteiger partial charge on any atom is 0.276 e. The van der Waals surface area contributed by atoms with Crippen LogP contribution in [0.2, 0.25) is 0 Å². The smallest absolute Gasteiger partial charge is 0.276 e. The van der Waals surface area contributed by atoms with Crippen LogP contribution in [-0.4, -0.2) is 24.8 Å². The number of sulfonamides is 1. The molecule has 0 radical (unpaired) electrons. The molecule has 2 aromatic carbocycles. The number of phenolic OH excluding ortho intramolecular Hbond substituents is 2. The first-order valence-corrected chi connectivity index (χ1v) is 7.92. The maximum absolute atomic E-state index is 12.2. The van der Waals surface area contributed by atoms with Crippen molar-refractivity contribution in [1.29, 1.82) is 0 Å². The lowest BCUT2D eigenvalue weighted by atomic mass is 10.2. The average molecular weight is 320 g/mol. The highest BCUT2D eigenvalue weighted by Crippen LogP contribution is 2.26. The van der Waals surface area contributed by atoms with Crippen LogP contribution in [0.15, 0.2) is 46.4 Å². The fourth-order valence-electron chi connectivity index (χ4n) is 1.97. The van der Waals surface area contributed by atoms with Gasteiger partial charge >= 0.3 is 0 Å². The van der Waals surface area contributed by atoms with Crippen LogP contribution >= 0.6 is 0 Å². The Morgan fingerprint density at radius 3 is 2.55 bits per heavy atom. The zero-order valence-corrected chi connectivity index (χ0v) is 12.9. The van der Waals surface area contributed by atoms with E-state index in [2.05, 4.69) is 9.93 Å². The van der Waals surface area contributed by atoms with E-state index < -0.39 is 10.0 Å². The molecule has 0 unspecified atom stereocenters. The minimum Gasteiger partial charge on any atom is -0.504 e. The fourth-order valence-corrected chi connectivity index (χ4v) is 2.99. The van der Waals surface area contributed by atoms with Crippen molar-refractivity contribution in [1.82, 2.24) is 4.83 Å². The van der Waals surface area contributed by atoms with Crippen molar-refractivity contribution in [3.05, 3.63) is 53.1 Å². The van der Waals surface area contributed by atoms with Crippen LogP contribution in [0.1, 0.15) is 16.7 Å². The molecular weight excluding hydrogens is 304 g/mol. The summed E-state index contributed by atoms with van der Waals surface area (Å²) in [6.07, 6.45) is 1.12. The molecule has 0 saturated carbocycles. The number of hydrogen-bond acceptors (Lipinski definition) is 5. The van der Waals surface area contributed by atoms with Gasteiger partial charge in [0.15, 0.2) is 11.5 Å². The Kier molecular flexibility index (Phi) is 4.37. The summed E-state index contributed by atoms with van der Waals surface area (Å²) in [4.78, 5) is 2.21. The van der Waals surface area contributed by atoms with Gasteiger partial charge in [0.1, 0.15) is 0 Å². The van der Waals surface area contributed by atoms with Crippen molar-refractivity contribution in [3.63, 3.8) is 0 Å². The molecule has 22 heavy (non-hydrogen) atoms. The zero-order chi connectivity index (χ0) is 16.3. The van der Waals surface area contributed by atoms with Gasteiger partial charge in [-0.15, -0.1) is 0 Å². The van der Waals surface area contributed by atoms with Crippen molar-refractivity contribution in [2.75, 3.05) is 0 Å². The molecule has 116 valence electrons. The highest BCUT2D eigenvalue weighted by Gasteiger charge is 2.15. The van der Waals surface area contributed by atoms with Gasteiger partial charge in [-0.1, -0.05) is 23.8 Å². The predicted octanol–water partition coefficient (Wildman–Crippen LogP) is 2.03. The first-order chi connectivity index (χ1) is 10.3. The summed E-state index contributed by atoms with van der Waals surface area (Å²) in [5, 5.41) is 22.6. The molecular formula is C15H16N2O4S. The highest BCUT2D eigenvalue weighted by molar-refractivity contribution is 7.89. The van der Waals surface area contributed by atoms with Gasteiger partial charge in [-0.3, -0.25) is 0 Å². The third-order valence-electron chi connectivity index (χ3n) is 3.04. The van der Waals surface area contributed by atoms with Gasteiger partial charge in [0.2, 0.25) is 0 Å². The van der Waals surface area contributed by atoms with Crippen molar-refractivity contribution >= 4 is 16.2 Å². The lowest BCUT2D eigenvalue weighted by molar-refractivity contribution is 0.403. The molecule has 0 aliphatic rings. The molecule has 7 heteroatoms. The molecule has 0 bridgehead atoms. The summed E-state index contributed by atoms with van der Waals surface area (Å²) in [5.41, 5.74) is 1.77. The molecule has 0 aliphatic carbocycles. The van der Waals surface area contributed by atoms with Crippen LogP contribution in [0, 0.1) is 13.8 Å². The van der Waals surface area contributed by atoms with Gasteiger partial charge in [0.25, 0.3) is 10.0 Å². The van der Waals surface area contributed by atoms with Crippen LogP contribution in [0.5, 0.6) is 11.5 Å². The van der Waals surface area contributed by atoms with Gasteiger partial charge in [-0.25, -0.2) is 4.83 Å². The van der Waals surface area contributed by atoms with Crippen molar-refractivity contribution in [3.8, 4) is 11.5 Å². The SMILES string of the molecule is Cc1ccc(S(=O)(=O)NN=Cc2cccc(O)c2O)c(C)c1. The topological polar surface area (TPSA) is 99.0 Å². The monoisotopic (exact) mass is 320 g/mol. The van der Waals surface area contributed by atoms with E-state index in [-0.39, 0.29) is 22.0 Å². The number of nitrogens with zero attached hydrogens (tertiary/aromatic N) is 1. The van der Waals surface area contributed by atoms with Crippen LogP contribution < -0.4 is 4.83 Å². The number of rotatable bonds is 4. The second-order valence-corrected chi connectivity index (χ2v) is 6.47. The van der Waals surface area contributed by atoms with E-state index in [1.807, 2.05) is 6.92 Å². The first kappa shape index (κ1) is 15.8. The summed E-state index contributed by atoms with van der Waals surface area (Å²) in [7, 11) is -3.79. The van der Waals surface area contributed by atoms with E-state index in [4.69, 9.17) is 0 Å². The number of nitrogens with one attached hydrogen (secondary N) is 1. The van der Waals surface area contributed by atoms with Gasteiger partial charge in [-0.05, 0) is 37.6 Å². The highest BCUT2D eigenvalue weighted by atomic mass is 32.2. The van der Waals surface area contributed by atoms with Crippen LogP contribution in [0.3, 0.4) is 0 Å². The molecule has 0 saturated heterocycles. The largest absolute Gasteiger partial charge is 0.504 e. The molecule has 0 aromatic heterocycles. The first-order valence-electron chi connectivity index (χ1n) is 6.44. The molecule has 3 N–H and O–H groups in total. The van der Waals surface area contributed by atoms with E-state index in [1.165, 1.54) is 24.3 Å². The summed E-state index contributed by atoms with van der Waals surface area (Å²) in [6.45, 7) is 3.58. The Labute approximate surface area is 128 Å². The van der Waals surface area contributed by atoms with E-state index >= 15 is 0 Å². The lowest BCUT2D eigenvalue weighted by Gasteiger charge is -2.07. The van der Waals surface area contributed by atoms with E-state index in [1.54, 1.807) is 19.1 Å². The standard InChI is InChI=1S/C15H16N2O4S/c1-10-6-7-14(11(2)8-10)22(20,21)17-16-9-12-4-3-5-13(18)15(12)19/h3-9,17-19H,1-2H3. The molecule has 0 heterocycles. The fraction of sp³-hybridized carbons (Fsp3) is 0.133. The molecule has 2 rings (SSSR count). The number of hydrazone groups is 1. The number of aryl methyl sites for hydroxylation is 2. The lowest BCUT2D eigenvalue weighted by Crippen LogP contribution is -2.19. The molecule has 2 aromatic rings. The van der Waals surface area contributed by atoms with E-state index in [0.717, 1.165) is 11.8 Å². The molecule has 0 aliphatic heterocycles. The quantitative estimate of drug-likeness (QED) is 0.456. The summed E-state index contributed by atoms with van der Waals surface area (Å²) in [5.74, 6) is -0.668. The second kappa shape index (κ2) is 6.07. The van der Waals surface area contributed by atoms with Gasteiger partial charge in [0, 0.05) is 5.56 Å². The predicted molar refractivity (Wildman–Crippen MR) is 83.6 cm³/mol.